The number of carbonyl (C=O) groups excluding carboxylic acids is 2. The van der Waals surface area contributed by atoms with Crippen LogP contribution >= 0.6 is 0 Å². The number of nitrogens with zero attached hydrogens (tertiary/aromatic N) is 1. The van der Waals surface area contributed by atoms with E-state index in [1.54, 1.807) is 30.2 Å². The van der Waals surface area contributed by atoms with Crippen molar-refractivity contribution in [3.05, 3.63) is 23.8 Å². The molecule has 0 aliphatic carbocycles. The van der Waals surface area contributed by atoms with E-state index in [4.69, 9.17) is 9.47 Å². The van der Waals surface area contributed by atoms with Crippen LogP contribution in [0, 0.1) is 5.41 Å². The van der Waals surface area contributed by atoms with E-state index in [-0.39, 0.29) is 11.8 Å². The third-order valence-corrected chi connectivity index (χ3v) is 4.48. The molecule has 1 fully saturated rings. The first kappa shape index (κ1) is 18.1. The van der Waals surface area contributed by atoms with Gasteiger partial charge in [0.05, 0.1) is 25.2 Å². The summed E-state index contributed by atoms with van der Waals surface area (Å²) < 4.78 is 10.5. The smallest absolute Gasteiger partial charge is 0.257 e. The van der Waals surface area contributed by atoms with Gasteiger partial charge in [-0.2, -0.15) is 0 Å². The van der Waals surface area contributed by atoms with Crippen LogP contribution in [-0.2, 0) is 4.79 Å². The van der Waals surface area contributed by atoms with E-state index in [1.807, 2.05) is 13.8 Å². The molecule has 132 valence electrons. The molecule has 0 radical (unpaired) electrons. The normalized spacial score (nSPS) is 19.9. The van der Waals surface area contributed by atoms with E-state index in [0.717, 1.165) is 6.42 Å². The second-order valence-electron chi connectivity index (χ2n) is 6.36. The van der Waals surface area contributed by atoms with Crippen LogP contribution in [0.1, 0.15) is 37.0 Å². The van der Waals surface area contributed by atoms with Crippen LogP contribution in [0.15, 0.2) is 18.2 Å². The molecule has 1 heterocycles. The van der Waals surface area contributed by atoms with Gasteiger partial charge >= 0.3 is 0 Å². The minimum Gasteiger partial charge on any atom is -0.497 e. The number of hydrogen-bond donors (Lipinski definition) is 1. The maximum Gasteiger partial charge on any atom is 0.257 e. The van der Waals surface area contributed by atoms with Crippen molar-refractivity contribution in [3.63, 3.8) is 0 Å². The molecule has 2 amide bonds. The standard InChI is InChI=1S/C18H26N2O4/c1-5-9-19-17(22)18(2)8-10-20(12-18)16(21)14-7-6-13(23-3)11-15(14)24-4/h6-7,11H,5,8-10,12H2,1-4H3,(H,19,22). The second-order valence-corrected chi connectivity index (χ2v) is 6.36. The van der Waals surface area contributed by atoms with Gasteiger partial charge in [0.25, 0.3) is 5.91 Å². The quantitative estimate of drug-likeness (QED) is 0.865. The van der Waals surface area contributed by atoms with Crippen LogP contribution in [0.4, 0.5) is 0 Å². The SMILES string of the molecule is CCCNC(=O)C1(C)CCN(C(=O)c2ccc(OC)cc2OC)C1. The third-order valence-electron chi connectivity index (χ3n) is 4.48. The van der Waals surface area contributed by atoms with Crippen LogP contribution in [0.25, 0.3) is 0 Å². The van der Waals surface area contributed by atoms with Gasteiger partial charge in [0.15, 0.2) is 0 Å². The summed E-state index contributed by atoms with van der Waals surface area (Å²) in [5.74, 6) is 1.000. The number of benzene rings is 1. The fourth-order valence-corrected chi connectivity index (χ4v) is 2.92. The number of nitrogens with one attached hydrogen (secondary N) is 1. The van der Waals surface area contributed by atoms with Gasteiger partial charge in [0, 0.05) is 25.7 Å². The lowest BCUT2D eigenvalue weighted by atomic mass is 9.88. The molecular weight excluding hydrogens is 308 g/mol. The zero-order valence-corrected chi connectivity index (χ0v) is 14.8. The highest BCUT2D eigenvalue weighted by atomic mass is 16.5. The highest BCUT2D eigenvalue weighted by Crippen LogP contribution is 2.33. The van der Waals surface area contributed by atoms with Gasteiger partial charge in [0.1, 0.15) is 11.5 Å². The van der Waals surface area contributed by atoms with Crippen molar-refractivity contribution < 1.29 is 19.1 Å². The molecule has 1 atom stereocenters. The summed E-state index contributed by atoms with van der Waals surface area (Å²) in [7, 11) is 3.09. The van der Waals surface area contributed by atoms with Crippen LogP contribution in [-0.4, -0.2) is 50.6 Å². The Labute approximate surface area is 143 Å². The van der Waals surface area contributed by atoms with Crippen LogP contribution < -0.4 is 14.8 Å². The lowest BCUT2D eigenvalue weighted by Gasteiger charge is -2.24. The van der Waals surface area contributed by atoms with Gasteiger partial charge in [-0.1, -0.05) is 6.92 Å². The first-order valence-corrected chi connectivity index (χ1v) is 8.24. The Bertz CT molecular complexity index is 617. The fourth-order valence-electron chi connectivity index (χ4n) is 2.92. The Morgan fingerprint density at radius 2 is 2.04 bits per heavy atom. The van der Waals surface area contributed by atoms with Crippen molar-refractivity contribution in [1.29, 1.82) is 0 Å². The Balaban J connectivity index is 2.13. The Morgan fingerprint density at radius 3 is 2.67 bits per heavy atom. The summed E-state index contributed by atoms with van der Waals surface area (Å²) >= 11 is 0. The zero-order chi connectivity index (χ0) is 17.7. The molecule has 6 heteroatoms. The number of amides is 2. The summed E-state index contributed by atoms with van der Waals surface area (Å²) in [4.78, 5) is 26.9. The number of hydrogen-bond acceptors (Lipinski definition) is 4. The van der Waals surface area contributed by atoms with Crippen molar-refractivity contribution in [2.24, 2.45) is 5.41 Å². The van der Waals surface area contributed by atoms with E-state index < -0.39 is 5.41 Å². The number of rotatable bonds is 6. The van der Waals surface area contributed by atoms with E-state index in [9.17, 15) is 9.59 Å². The summed E-state index contributed by atoms with van der Waals surface area (Å²) in [5.41, 5.74) is -0.0543. The number of carbonyl (C=O) groups is 2. The molecule has 1 aromatic rings. The van der Waals surface area contributed by atoms with Gasteiger partial charge in [-0.3, -0.25) is 9.59 Å². The summed E-state index contributed by atoms with van der Waals surface area (Å²) in [6.07, 6.45) is 1.56. The first-order chi connectivity index (χ1) is 11.4. The van der Waals surface area contributed by atoms with Crippen LogP contribution in [0.2, 0.25) is 0 Å². The molecule has 2 rings (SSSR count). The molecule has 6 nitrogen and oxygen atoms in total. The summed E-state index contributed by atoms with van der Waals surface area (Å²) in [6.45, 7) is 5.56. The van der Waals surface area contributed by atoms with E-state index in [2.05, 4.69) is 5.32 Å². The Hall–Kier alpha value is -2.24. The van der Waals surface area contributed by atoms with Crippen molar-refractivity contribution in [2.75, 3.05) is 33.9 Å². The minimum atomic E-state index is -0.537. The lowest BCUT2D eigenvalue weighted by Crippen LogP contribution is -2.42. The average Bonchev–Trinajstić information content (AvgIpc) is 3.02. The second kappa shape index (κ2) is 7.55. The maximum atomic E-state index is 12.8. The molecule has 0 aromatic heterocycles. The highest BCUT2D eigenvalue weighted by Gasteiger charge is 2.42. The largest absolute Gasteiger partial charge is 0.497 e. The monoisotopic (exact) mass is 334 g/mol. The molecule has 1 N–H and O–H groups in total. The molecule has 1 aliphatic rings. The van der Waals surface area contributed by atoms with Crippen molar-refractivity contribution in [3.8, 4) is 11.5 Å². The highest BCUT2D eigenvalue weighted by molar-refractivity contribution is 5.98. The third kappa shape index (κ3) is 3.63. The predicted octanol–water partition coefficient (Wildman–Crippen LogP) is 2.08. The average molecular weight is 334 g/mol. The van der Waals surface area contributed by atoms with Gasteiger partial charge < -0.3 is 19.7 Å². The summed E-state index contributed by atoms with van der Waals surface area (Å²) in [6, 6.07) is 5.13. The van der Waals surface area contributed by atoms with Crippen molar-refractivity contribution in [2.45, 2.75) is 26.7 Å². The molecule has 24 heavy (non-hydrogen) atoms. The number of likely N-dealkylation sites (tertiary alicyclic amines) is 1. The first-order valence-electron chi connectivity index (χ1n) is 8.24. The van der Waals surface area contributed by atoms with Gasteiger partial charge in [-0.15, -0.1) is 0 Å². The van der Waals surface area contributed by atoms with Crippen LogP contribution in [0.5, 0.6) is 11.5 Å². The summed E-state index contributed by atoms with van der Waals surface area (Å²) in [5, 5.41) is 2.93. The molecule has 1 aromatic carbocycles. The zero-order valence-electron chi connectivity index (χ0n) is 14.8. The Morgan fingerprint density at radius 1 is 1.29 bits per heavy atom. The number of ether oxygens (including phenoxy) is 2. The van der Waals surface area contributed by atoms with Gasteiger partial charge in [-0.25, -0.2) is 0 Å². The Kier molecular flexibility index (Phi) is 5.70. The molecule has 0 bridgehead atoms. The molecule has 0 saturated carbocycles. The molecular formula is C18H26N2O4. The van der Waals surface area contributed by atoms with Crippen molar-refractivity contribution >= 4 is 11.8 Å². The number of methoxy groups -OCH3 is 2. The molecule has 1 aliphatic heterocycles. The van der Waals surface area contributed by atoms with Crippen LogP contribution in [0.3, 0.4) is 0 Å². The van der Waals surface area contributed by atoms with E-state index in [0.29, 0.717) is 43.1 Å². The van der Waals surface area contributed by atoms with Gasteiger partial charge in [-0.05, 0) is 31.9 Å². The fraction of sp³-hybridized carbons (Fsp3) is 0.556. The lowest BCUT2D eigenvalue weighted by molar-refractivity contribution is -0.129. The molecule has 0 spiro atoms. The molecule has 1 unspecified atom stereocenters. The topological polar surface area (TPSA) is 67.9 Å². The predicted molar refractivity (Wildman–Crippen MR) is 91.5 cm³/mol. The minimum absolute atomic E-state index is 0.0151. The molecule has 1 saturated heterocycles. The maximum absolute atomic E-state index is 12.8. The van der Waals surface area contributed by atoms with E-state index in [1.165, 1.54) is 7.11 Å². The van der Waals surface area contributed by atoms with Crippen molar-refractivity contribution in [1.82, 2.24) is 10.2 Å². The van der Waals surface area contributed by atoms with Gasteiger partial charge in [0.2, 0.25) is 5.91 Å². The van der Waals surface area contributed by atoms with E-state index >= 15 is 0 Å².